The smallest absolute Gasteiger partial charge is 0.0115 e. The van der Waals surface area contributed by atoms with Crippen molar-refractivity contribution in [1.82, 2.24) is 24.5 Å². The van der Waals surface area contributed by atoms with Crippen LogP contribution in [-0.2, 0) is 0 Å². The van der Waals surface area contributed by atoms with Gasteiger partial charge in [0.05, 0.1) is 0 Å². The first-order valence-corrected chi connectivity index (χ1v) is 14.4. The third kappa shape index (κ3) is 13.2. The van der Waals surface area contributed by atoms with Crippen LogP contribution in [0, 0.1) is 0 Å². The maximum atomic E-state index is 2.69. The predicted molar refractivity (Wildman–Crippen MR) is 154 cm³/mol. The highest BCUT2D eigenvalue weighted by atomic mass is 15.3. The monoisotopic (exact) mass is 484 g/mol. The van der Waals surface area contributed by atoms with Crippen molar-refractivity contribution in [2.45, 2.75) is 139 Å². The molecule has 0 amide bonds. The second-order valence-corrected chi connectivity index (χ2v) is 12.2. The lowest BCUT2D eigenvalue weighted by Gasteiger charge is -2.37. The van der Waals surface area contributed by atoms with Crippen LogP contribution in [0.3, 0.4) is 0 Å². The van der Waals surface area contributed by atoms with Gasteiger partial charge in [-0.2, -0.15) is 0 Å². The molecule has 0 aliphatic rings. The minimum atomic E-state index is 0.577. The van der Waals surface area contributed by atoms with E-state index in [2.05, 4.69) is 121 Å². The Morgan fingerprint density at radius 2 is 0.441 bits per heavy atom. The van der Waals surface area contributed by atoms with E-state index in [-0.39, 0.29) is 0 Å². The van der Waals surface area contributed by atoms with Crippen LogP contribution < -0.4 is 0 Å². The van der Waals surface area contributed by atoms with Crippen LogP contribution >= 0.6 is 0 Å². The summed E-state index contributed by atoms with van der Waals surface area (Å²) in [5, 5.41) is 0. The molecule has 0 radical (unpaired) electrons. The summed E-state index contributed by atoms with van der Waals surface area (Å²) in [5.74, 6) is 0. The van der Waals surface area contributed by atoms with Crippen molar-refractivity contribution in [1.29, 1.82) is 0 Å². The zero-order valence-electron chi connectivity index (χ0n) is 25.9. The molecule has 0 saturated carbocycles. The minimum absolute atomic E-state index is 0.577. The first kappa shape index (κ1) is 33.8. The molecule has 0 rings (SSSR count). The lowest BCUT2D eigenvalue weighted by molar-refractivity contribution is 0.0968. The van der Waals surface area contributed by atoms with Crippen LogP contribution in [0.1, 0.15) is 96.9 Å². The highest BCUT2D eigenvalue weighted by molar-refractivity contribution is 4.76. The van der Waals surface area contributed by atoms with Crippen LogP contribution in [0.25, 0.3) is 0 Å². The van der Waals surface area contributed by atoms with Crippen molar-refractivity contribution >= 4 is 0 Å². The van der Waals surface area contributed by atoms with Crippen LogP contribution in [0.5, 0.6) is 0 Å². The first-order valence-electron chi connectivity index (χ1n) is 14.4. The van der Waals surface area contributed by atoms with Gasteiger partial charge in [-0.05, 0) is 96.9 Å². The summed E-state index contributed by atoms with van der Waals surface area (Å²) in [6.45, 7) is 41.9. The quantitative estimate of drug-likeness (QED) is 0.245. The molecule has 0 spiro atoms. The van der Waals surface area contributed by atoms with Crippen molar-refractivity contribution in [3.05, 3.63) is 0 Å². The van der Waals surface area contributed by atoms with Gasteiger partial charge in [0.1, 0.15) is 0 Å². The molecule has 5 heteroatoms. The van der Waals surface area contributed by atoms with Gasteiger partial charge < -0.3 is 0 Å². The van der Waals surface area contributed by atoms with E-state index in [9.17, 15) is 0 Å². The maximum absolute atomic E-state index is 2.69. The molecule has 0 heterocycles. The second kappa shape index (κ2) is 17.3. The Morgan fingerprint density at radius 3 is 0.588 bits per heavy atom. The molecule has 0 aliphatic carbocycles. The average molecular weight is 484 g/mol. The van der Waals surface area contributed by atoms with Gasteiger partial charge in [0.15, 0.2) is 0 Å². The van der Waals surface area contributed by atoms with Gasteiger partial charge in [0.2, 0.25) is 0 Å². The third-order valence-corrected chi connectivity index (χ3v) is 7.48. The van der Waals surface area contributed by atoms with Crippen LogP contribution in [0.15, 0.2) is 0 Å². The number of rotatable bonds is 19. The average Bonchev–Trinajstić information content (AvgIpc) is 2.68. The van der Waals surface area contributed by atoms with Crippen molar-refractivity contribution in [3.63, 3.8) is 0 Å². The van der Waals surface area contributed by atoms with Crippen LogP contribution in [0.4, 0.5) is 0 Å². The van der Waals surface area contributed by atoms with Gasteiger partial charge in [0, 0.05) is 94.7 Å². The van der Waals surface area contributed by atoms with Crippen molar-refractivity contribution < 1.29 is 0 Å². The highest BCUT2D eigenvalue weighted by Gasteiger charge is 2.20. The Bertz CT molecular complexity index is 431. The number of nitrogens with zero attached hydrogens (tertiary/aromatic N) is 5. The third-order valence-electron chi connectivity index (χ3n) is 7.48. The van der Waals surface area contributed by atoms with Crippen molar-refractivity contribution in [3.8, 4) is 0 Å². The molecule has 0 saturated heterocycles. The molecule has 0 aromatic carbocycles. The molecule has 206 valence electrons. The van der Waals surface area contributed by atoms with Gasteiger partial charge in [-0.25, -0.2) is 0 Å². The molecule has 0 N–H and O–H groups in total. The Balaban J connectivity index is 4.94. The molecule has 34 heavy (non-hydrogen) atoms. The fourth-order valence-corrected chi connectivity index (χ4v) is 5.11. The lowest BCUT2D eigenvalue weighted by Crippen LogP contribution is -2.49. The van der Waals surface area contributed by atoms with Crippen LogP contribution in [0.2, 0.25) is 0 Å². The molecule has 0 aromatic heterocycles. The summed E-state index contributed by atoms with van der Waals surface area (Å²) in [6.07, 6.45) is 0. The summed E-state index contributed by atoms with van der Waals surface area (Å²) in [4.78, 5) is 13.3. The van der Waals surface area contributed by atoms with Gasteiger partial charge in [-0.1, -0.05) is 0 Å². The van der Waals surface area contributed by atoms with E-state index in [4.69, 9.17) is 0 Å². The molecule has 0 atom stereocenters. The normalized spacial score (nSPS) is 13.6. The molecule has 5 nitrogen and oxygen atoms in total. The zero-order chi connectivity index (χ0) is 26.6. The van der Waals surface area contributed by atoms with Gasteiger partial charge in [-0.15, -0.1) is 0 Å². The van der Waals surface area contributed by atoms with E-state index in [0.717, 1.165) is 52.4 Å². The largest absolute Gasteiger partial charge is 0.298 e. The van der Waals surface area contributed by atoms with E-state index >= 15 is 0 Å². The summed E-state index contributed by atoms with van der Waals surface area (Å²) in [5.41, 5.74) is 0. The maximum Gasteiger partial charge on any atom is 0.0115 e. The predicted octanol–water partition coefficient (Wildman–Crippen LogP) is 5.36. The SMILES string of the molecule is CC(C)N(CCN(CCN(C(C)C)C(C)C)C(C)C)CCN(CCN(C(C)C)C(C)C)C(C)C. The van der Waals surface area contributed by atoms with E-state index in [0.29, 0.717) is 42.3 Å². The second-order valence-electron chi connectivity index (χ2n) is 12.2. The van der Waals surface area contributed by atoms with Gasteiger partial charge >= 0.3 is 0 Å². The fourth-order valence-electron chi connectivity index (χ4n) is 5.11. The van der Waals surface area contributed by atoms with E-state index in [1.165, 1.54) is 0 Å². The van der Waals surface area contributed by atoms with Gasteiger partial charge in [-0.3, -0.25) is 24.5 Å². The standard InChI is InChI=1S/C29H65N5/c1-23(2)30(15-17-31(24(3)4)19-21-33(26(7)8)27(9)10)16-18-32(25(5)6)20-22-34(28(11)12)29(13)14/h23-29H,15-22H2,1-14H3. The first-order chi connectivity index (χ1) is 15.7. The summed E-state index contributed by atoms with van der Waals surface area (Å²) >= 11 is 0. The summed E-state index contributed by atoms with van der Waals surface area (Å²) in [7, 11) is 0. The molecular weight excluding hydrogens is 418 g/mol. The zero-order valence-corrected chi connectivity index (χ0v) is 25.9. The molecule has 0 unspecified atom stereocenters. The molecular formula is C29H65N5. The molecule has 0 fully saturated rings. The number of hydrogen-bond acceptors (Lipinski definition) is 5. The van der Waals surface area contributed by atoms with Crippen molar-refractivity contribution in [2.24, 2.45) is 0 Å². The molecule has 0 aliphatic heterocycles. The minimum Gasteiger partial charge on any atom is -0.298 e. The van der Waals surface area contributed by atoms with Crippen molar-refractivity contribution in [2.75, 3.05) is 52.4 Å². The Labute approximate surface area is 216 Å². The Morgan fingerprint density at radius 1 is 0.265 bits per heavy atom. The number of hydrogen-bond donors (Lipinski definition) is 0. The fraction of sp³-hybridized carbons (Fsp3) is 1.00. The Hall–Kier alpha value is -0.200. The van der Waals surface area contributed by atoms with E-state index in [1.807, 2.05) is 0 Å². The lowest BCUT2D eigenvalue weighted by atomic mass is 10.2. The summed E-state index contributed by atoms with van der Waals surface area (Å²) in [6, 6.07) is 4.15. The Kier molecular flexibility index (Phi) is 17.2. The van der Waals surface area contributed by atoms with E-state index < -0.39 is 0 Å². The molecule has 0 bridgehead atoms. The highest BCUT2D eigenvalue weighted by Crippen LogP contribution is 2.10. The summed E-state index contributed by atoms with van der Waals surface area (Å²) < 4.78 is 0. The van der Waals surface area contributed by atoms with E-state index in [1.54, 1.807) is 0 Å². The topological polar surface area (TPSA) is 16.2 Å². The van der Waals surface area contributed by atoms with Crippen LogP contribution in [-0.4, -0.2) is 119 Å². The van der Waals surface area contributed by atoms with Gasteiger partial charge in [0.25, 0.3) is 0 Å². The molecule has 0 aromatic rings.